The number of carbonyl (C=O) groups is 2. The Morgan fingerprint density at radius 3 is 2.16 bits per heavy atom. The first-order chi connectivity index (χ1) is 9.04. The van der Waals surface area contributed by atoms with Crippen LogP contribution < -0.4 is 14.8 Å². The van der Waals surface area contributed by atoms with Crippen LogP contribution in [0.4, 0.5) is 0 Å². The second-order valence-electron chi connectivity index (χ2n) is 3.81. The molecule has 0 aliphatic rings. The molecule has 6 nitrogen and oxygen atoms in total. The fraction of sp³-hybridized carbons (Fsp3) is 0.385. The Morgan fingerprint density at radius 2 is 1.79 bits per heavy atom. The summed E-state index contributed by atoms with van der Waals surface area (Å²) >= 11 is 0. The summed E-state index contributed by atoms with van der Waals surface area (Å²) in [7, 11) is 2.86. The normalized spacial score (nSPS) is 11.5. The van der Waals surface area contributed by atoms with Crippen LogP contribution in [0.25, 0.3) is 0 Å². The molecule has 19 heavy (non-hydrogen) atoms. The molecular weight excluding hydrogens is 250 g/mol. The monoisotopic (exact) mass is 267 g/mol. The van der Waals surface area contributed by atoms with Gasteiger partial charge in [0.2, 0.25) is 0 Å². The van der Waals surface area contributed by atoms with Gasteiger partial charge in [0.1, 0.15) is 23.1 Å². The first-order valence-electron chi connectivity index (χ1n) is 5.79. The van der Waals surface area contributed by atoms with E-state index in [-0.39, 0.29) is 5.56 Å². The Labute approximate surface area is 111 Å². The highest BCUT2D eigenvalue weighted by molar-refractivity contribution is 6.01. The lowest BCUT2D eigenvalue weighted by atomic mass is 10.1. The number of hydrogen-bond donors (Lipinski definition) is 2. The van der Waals surface area contributed by atoms with Gasteiger partial charge in [-0.2, -0.15) is 0 Å². The van der Waals surface area contributed by atoms with Gasteiger partial charge in [-0.15, -0.1) is 0 Å². The van der Waals surface area contributed by atoms with Crippen molar-refractivity contribution in [3.8, 4) is 11.5 Å². The van der Waals surface area contributed by atoms with Gasteiger partial charge in [-0.3, -0.25) is 4.79 Å². The zero-order valence-electron chi connectivity index (χ0n) is 11.1. The predicted molar refractivity (Wildman–Crippen MR) is 68.7 cm³/mol. The fourth-order valence-corrected chi connectivity index (χ4v) is 1.64. The zero-order valence-corrected chi connectivity index (χ0v) is 11.1. The molecule has 0 radical (unpaired) electrons. The van der Waals surface area contributed by atoms with Crippen molar-refractivity contribution < 1.29 is 24.2 Å². The van der Waals surface area contributed by atoms with Crippen LogP contribution in [0.2, 0.25) is 0 Å². The molecule has 0 bridgehead atoms. The van der Waals surface area contributed by atoms with Crippen molar-refractivity contribution in [2.75, 3.05) is 14.2 Å². The van der Waals surface area contributed by atoms with Crippen LogP contribution in [0.15, 0.2) is 18.2 Å². The molecule has 0 aliphatic carbocycles. The van der Waals surface area contributed by atoms with Gasteiger partial charge in [0.25, 0.3) is 5.91 Å². The van der Waals surface area contributed by atoms with Crippen molar-refractivity contribution in [2.45, 2.75) is 19.4 Å². The third-order valence-electron chi connectivity index (χ3n) is 2.67. The highest BCUT2D eigenvalue weighted by atomic mass is 16.5. The second kappa shape index (κ2) is 6.63. The Balaban J connectivity index is 3.07. The number of amides is 1. The lowest BCUT2D eigenvalue weighted by Crippen LogP contribution is -2.40. The van der Waals surface area contributed by atoms with E-state index in [1.54, 1.807) is 25.1 Å². The molecule has 2 N–H and O–H groups in total. The van der Waals surface area contributed by atoms with E-state index >= 15 is 0 Å². The van der Waals surface area contributed by atoms with E-state index in [1.807, 2.05) is 0 Å². The molecule has 1 amide bonds. The number of ether oxygens (including phenoxy) is 2. The molecule has 1 aromatic rings. The molecule has 1 atom stereocenters. The van der Waals surface area contributed by atoms with Gasteiger partial charge >= 0.3 is 5.97 Å². The molecule has 1 rings (SSSR count). The van der Waals surface area contributed by atoms with Crippen LogP contribution in [0, 0.1) is 0 Å². The number of benzene rings is 1. The van der Waals surface area contributed by atoms with E-state index in [2.05, 4.69) is 5.32 Å². The fourth-order valence-electron chi connectivity index (χ4n) is 1.64. The molecule has 0 fully saturated rings. The van der Waals surface area contributed by atoms with Crippen LogP contribution in [-0.4, -0.2) is 37.2 Å². The molecule has 0 unspecified atom stereocenters. The Kier molecular flexibility index (Phi) is 5.17. The maximum Gasteiger partial charge on any atom is 0.326 e. The summed E-state index contributed by atoms with van der Waals surface area (Å²) in [5.74, 6) is -0.956. The van der Waals surface area contributed by atoms with Gasteiger partial charge in [0.15, 0.2) is 0 Å². The molecule has 0 aromatic heterocycles. The van der Waals surface area contributed by atoms with Crippen molar-refractivity contribution in [1.82, 2.24) is 5.32 Å². The number of rotatable bonds is 6. The van der Waals surface area contributed by atoms with Crippen LogP contribution in [0.3, 0.4) is 0 Å². The lowest BCUT2D eigenvalue weighted by Gasteiger charge is -2.16. The molecule has 0 aliphatic heterocycles. The van der Waals surface area contributed by atoms with Gasteiger partial charge in [0.05, 0.1) is 14.2 Å². The van der Waals surface area contributed by atoms with E-state index in [1.165, 1.54) is 14.2 Å². The largest absolute Gasteiger partial charge is 0.496 e. The molecule has 1 aromatic carbocycles. The Bertz CT molecular complexity index is 450. The average molecular weight is 267 g/mol. The molecule has 0 heterocycles. The Morgan fingerprint density at radius 1 is 1.26 bits per heavy atom. The van der Waals surface area contributed by atoms with Crippen molar-refractivity contribution in [3.63, 3.8) is 0 Å². The van der Waals surface area contributed by atoms with E-state index in [0.717, 1.165) is 0 Å². The number of hydrogen-bond acceptors (Lipinski definition) is 4. The maximum absolute atomic E-state index is 12.1. The zero-order chi connectivity index (χ0) is 14.4. The van der Waals surface area contributed by atoms with Gasteiger partial charge in [0, 0.05) is 0 Å². The maximum atomic E-state index is 12.1. The minimum atomic E-state index is -1.08. The molecule has 0 saturated heterocycles. The summed E-state index contributed by atoms with van der Waals surface area (Å²) in [6.45, 7) is 1.68. The summed E-state index contributed by atoms with van der Waals surface area (Å²) < 4.78 is 10.2. The van der Waals surface area contributed by atoms with Gasteiger partial charge in [-0.05, 0) is 18.6 Å². The topological polar surface area (TPSA) is 84.9 Å². The van der Waals surface area contributed by atoms with E-state index in [9.17, 15) is 9.59 Å². The lowest BCUT2D eigenvalue weighted by molar-refractivity contribution is -0.139. The van der Waals surface area contributed by atoms with E-state index in [4.69, 9.17) is 14.6 Å². The summed E-state index contributed by atoms with van der Waals surface area (Å²) in [5.41, 5.74) is 0.187. The van der Waals surface area contributed by atoms with Crippen molar-refractivity contribution >= 4 is 11.9 Å². The third kappa shape index (κ3) is 3.37. The van der Waals surface area contributed by atoms with Crippen LogP contribution in [0.1, 0.15) is 23.7 Å². The second-order valence-corrected chi connectivity index (χ2v) is 3.81. The van der Waals surface area contributed by atoms with Gasteiger partial charge < -0.3 is 19.9 Å². The number of methoxy groups -OCH3 is 2. The first-order valence-corrected chi connectivity index (χ1v) is 5.79. The highest BCUT2D eigenvalue weighted by Gasteiger charge is 2.23. The van der Waals surface area contributed by atoms with Crippen LogP contribution in [0.5, 0.6) is 11.5 Å². The molecule has 104 valence electrons. The van der Waals surface area contributed by atoms with Crippen LogP contribution >= 0.6 is 0 Å². The third-order valence-corrected chi connectivity index (χ3v) is 2.67. The number of carboxylic acid groups (broad SMARTS) is 1. The smallest absolute Gasteiger partial charge is 0.326 e. The molecule has 6 heteroatoms. The Hall–Kier alpha value is -2.24. The van der Waals surface area contributed by atoms with Crippen molar-refractivity contribution in [3.05, 3.63) is 23.8 Å². The minimum absolute atomic E-state index is 0.187. The van der Waals surface area contributed by atoms with Crippen molar-refractivity contribution in [2.24, 2.45) is 0 Å². The summed E-state index contributed by atoms with van der Waals surface area (Å²) in [5, 5.41) is 11.4. The molecule has 0 spiro atoms. The predicted octanol–water partition coefficient (Wildman–Crippen LogP) is 1.30. The number of nitrogens with one attached hydrogen (secondary N) is 1. The molecular formula is C13H17NO5. The molecule has 0 saturated carbocycles. The minimum Gasteiger partial charge on any atom is -0.496 e. The quantitative estimate of drug-likeness (QED) is 0.811. The SMILES string of the molecule is CC[C@H](NC(=O)c1c(OC)cccc1OC)C(=O)O. The van der Waals surface area contributed by atoms with Crippen molar-refractivity contribution in [1.29, 1.82) is 0 Å². The number of carboxylic acids is 1. The van der Waals surface area contributed by atoms with Gasteiger partial charge in [-0.25, -0.2) is 4.79 Å². The first kappa shape index (κ1) is 14.8. The standard InChI is InChI=1S/C13H17NO5/c1-4-8(13(16)17)14-12(15)11-9(18-2)6-5-7-10(11)19-3/h5-8H,4H2,1-3H3,(H,14,15)(H,16,17)/t8-/m0/s1. The summed E-state index contributed by atoms with van der Waals surface area (Å²) in [6, 6.07) is 3.96. The summed E-state index contributed by atoms with van der Waals surface area (Å²) in [6.07, 6.45) is 0.290. The van der Waals surface area contributed by atoms with Crippen LogP contribution in [-0.2, 0) is 4.79 Å². The van der Waals surface area contributed by atoms with Gasteiger partial charge in [-0.1, -0.05) is 13.0 Å². The summed E-state index contributed by atoms with van der Waals surface area (Å²) in [4.78, 5) is 23.1. The number of carbonyl (C=O) groups excluding carboxylic acids is 1. The van der Waals surface area contributed by atoms with E-state index in [0.29, 0.717) is 17.9 Å². The highest BCUT2D eigenvalue weighted by Crippen LogP contribution is 2.28. The van der Waals surface area contributed by atoms with E-state index < -0.39 is 17.9 Å². The number of aliphatic carboxylic acids is 1. The average Bonchev–Trinajstić information content (AvgIpc) is 2.42.